The summed E-state index contributed by atoms with van der Waals surface area (Å²) in [5.41, 5.74) is 0.406. The number of carbonyl (C=O) groups is 1. The first kappa shape index (κ1) is 6.93. The van der Waals surface area contributed by atoms with Crippen molar-refractivity contribution in [3.8, 4) is 0 Å². The highest BCUT2D eigenvalue weighted by Gasteiger charge is 2.51. The molecule has 0 aromatic rings. The van der Waals surface area contributed by atoms with Crippen molar-refractivity contribution in [3.05, 3.63) is 0 Å². The van der Waals surface area contributed by atoms with Gasteiger partial charge in [0, 0.05) is 13.0 Å². The van der Waals surface area contributed by atoms with Gasteiger partial charge in [-0.05, 0) is 42.9 Å². The van der Waals surface area contributed by atoms with Crippen LogP contribution in [0, 0.1) is 17.3 Å². The molecule has 2 aliphatic carbocycles. The molecule has 3 fully saturated rings. The number of hydrogen-bond donors (Lipinski definition) is 1. The quantitative estimate of drug-likeness (QED) is 0.576. The van der Waals surface area contributed by atoms with Gasteiger partial charge in [-0.1, -0.05) is 0 Å². The highest BCUT2D eigenvalue weighted by molar-refractivity contribution is 5.79. The minimum Gasteiger partial charge on any atom is -0.356 e. The largest absolute Gasteiger partial charge is 0.356 e. The lowest BCUT2D eigenvalue weighted by molar-refractivity contribution is -0.119. The highest BCUT2D eigenvalue weighted by Crippen LogP contribution is 2.57. The van der Waals surface area contributed by atoms with E-state index in [1.807, 2.05) is 0 Å². The van der Waals surface area contributed by atoms with E-state index in [-0.39, 0.29) is 5.91 Å². The molecule has 12 heavy (non-hydrogen) atoms. The van der Waals surface area contributed by atoms with Crippen LogP contribution in [0.25, 0.3) is 0 Å². The van der Waals surface area contributed by atoms with Gasteiger partial charge in [0.2, 0.25) is 5.91 Å². The average Bonchev–Trinajstić information content (AvgIpc) is 2.47. The summed E-state index contributed by atoms with van der Waals surface area (Å²) in [5.74, 6) is 2.26. The van der Waals surface area contributed by atoms with E-state index in [4.69, 9.17) is 0 Å². The first-order valence-electron chi connectivity index (χ1n) is 5.04. The van der Waals surface area contributed by atoms with Crippen molar-refractivity contribution in [1.82, 2.24) is 5.32 Å². The number of hydrogen-bond acceptors (Lipinski definition) is 1. The van der Waals surface area contributed by atoms with Crippen molar-refractivity contribution in [1.29, 1.82) is 0 Å². The molecule has 1 saturated heterocycles. The van der Waals surface area contributed by atoms with Crippen LogP contribution >= 0.6 is 0 Å². The summed E-state index contributed by atoms with van der Waals surface area (Å²) < 4.78 is 0. The molecular formula is C10H15NO. The van der Waals surface area contributed by atoms with Crippen LogP contribution in [0.15, 0.2) is 0 Å². The third-order valence-electron chi connectivity index (χ3n) is 4.16. The molecule has 2 nitrogen and oxygen atoms in total. The molecule has 0 unspecified atom stereocenters. The van der Waals surface area contributed by atoms with Gasteiger partial charge in [-0.15, -0.1) is 0 Å². The van der Waals surface area contributed by atoms with Crippen LogP contribution in [-0.2, 0) is 4.79 Å². The molecule has 2 heteroatoms. The van der Waals surface area contributed by atoms with Crippen LogP contribution < -0.4 is 5.32 Å². The fraction of sp³-hybridized carbons (Fsp3) is 0.900. The first-order chi connectivity index (χ1) is 5.77. The standard InChI is InChI=1S/C10H15NO/c12-9-5-10(6-11-9)3-7-1-2-8(7)4-10/h7-8H,1-6H2,(H,11,12)/t7-,8+,10-. The number of rotatable bonds is 0. The molecule has 0 aromatic carbocycles. The smallest absolute Gasteiger partial charge is 0.220 e. The Morgan fingerprint density at radius 1 is 1.25 bits per heavy atom. The molecule has 1 spiro atoms. The van der Waals surface area contributed by atoms with Gasteiger partial charge in [0.15, 0.2) is 0 Å². The lowest BCUT2D eigenvalue weighted by atomic mass is 9.77. The fourth-order valence-electron chi connectivity index (χ4n) is 3.41. The topological polar surface area (TPSA) is 29.1 Å². The van der Waals surface area contributed by atoms with Gasteiger partial charge < -0.3 is 5.32 Å². The maximum absolute atomic E-state index is 11.1. The molecule has 2 saturated carbocycles. The SMILES string of the molecule is O=C1C[C@@]2(CN1)C[C@H]1CC[C@H]1C2. The lowest BCUT2D eigenvalue weighted by Crippen LogP contribution is -2.20. The summed E-state index contributed by atoms with van der Waals surface area (Å²) in [4.78, 5) is 11.1. The number of fused-ring (bicyclic) bond motifs is 1. The Morgan fingerprint density at radius 2 is 1.92 bits per heavy atom. The van der Waals surface area contributed by atoms with Gasteiger partial charge in [0.25, 0.3) is 0 Å². The third kappa shape index (κ3) is 0.782. The van der Waals surface area contributed by atoms with Crippen LogP contribution in [0.1, 0.15) is 32.1 Å². The molecule has 1 aliphatic heterocycles. The normalized spacial score (nSPS) is 50.5. The van der Waals surface area contributed by atoms with Gasteiger partial charge in [-0.25, -0.2) is 0 Å². The third-order valence-corrected chi connectivity index (χ3v) is 4.16. The van der Waals surface area contributed by atoms with Crippen molar-refractivity contribution in [2.24, 2.45) is 17.3 Å². The molecule has 1 amide bonds. The van der Waals surface area contributed by atoms with Crippen molar-refractivity contribution in [2.45, 2.75) is 32.1 Å². The van der Waals surface area contributed by atoms with E-state index in [0.717, 1.165) is 24.8 Å². The zero-order valence-electron chi connectivity index (χ0n) is 7.31. The molecule has 3 atom stereocenters. The zero-order chi connectivity index (χ0) is 8.18. The van der Waals surface area contributed by atoms with E-state index in [1.165, 1.54) is 25.7 Å². The van der Waals surface area contributed by atoms with Crippen LogP contribution in [0.3, 0.4) is 0 Å². The summed E-state index contributed by atoms with van der Waals surface area (Å²) >= 11 is 0. The Labute approximate surface area is 72.7 Å². The second kappa shape index (κ2) is 2.04. The molecule has 0 bridgehead atoms. The van der Waals surface area contributed by atoms with Crippen molar-refractivity contribution >= 4 is 5.91 Å². The van der Waals surface area contributed by atoms with E-state index in [1.54, 1.807) is 0 Å². The summed E-state index contributed by atoms with van der Waals surface area (Å²) in [6.45, 7) is 0.971. The molecular weight excluding hydrogens is 150 g/mol. The minimum atomic E-state index is 0.288. The second-order valence-corrected chi connectivity index (χ2v) is 4.96. The highest BCUT2D eigenvalue weighted by atomic mass is 16.1. The predicted octanol–water partition coefficient (Wildman–Crippen LogP) is 1.31. The fourth-order valence-corrected chi connectivity index (χ4v) is 3.41. The van der Waals surface area contributed by atoms with Crippen LogP contribution in [0.4, 0.5) is 0 Å². The summed E-state index contributed by atoms with van der Waals surface area (Å²) in [5, 5.41) is 2.98. The number of carbonyl (C=O) groups excluding carboxylic acids is 1. The van der Waals surface area contributed by atoms with E-state index in [0.29, 0.717) is 5.41 Å². The van der Waals surface area contributed by atoms with Gasteiger partial charge in [-0.3, -0.25) is 4.79 Å². The van der Waals surface area contributed by atoms with Crippen LogP contribution in [0.2, 0.25) is 0 Å². The molecule has 0 radical (unpaired) electrons. The molecule has 3 aliphatic rings. The van der Waals surface area contributed by atoms with Crippen LogP contribution in [-0.4, -0.2) is 12.5 Å². The van der Waals surface area contributed by atoms with Gasteiger partial charge >= 0.3 is 0 Å². The predicted molar refractivity (Wildman–Crippen MR) is 45.5 cm³/mol. The maximum Gasteiger partial charge on any atom is 0.220 e. The van der Waals surface area contributed by atoms with E-state index < -0.39 is 0 Å². The zero-order valence-corrected chi connectivity index (χ0v) is 7.31. The summed E-state index contributed by atoms with van der Waals surface area (Å²) in [6, 6.07) is 0. The molecule has 1 heterocycles. The second-order valence-electron chi connectivity index (χ2n) is 4.96. The molecule has 3 rings (SSSR count). The van der Waals surface area contributed by atoms with Gasteiger partial charge in [0.05, 0.1) is 0 Å². The van der Waals surface area contributed by atoms with Crippen molar-refractivity contribution in [2.75, 3.05) is 6.54 Å². The monoisotopic (exact) mass is 165 g/mol. The Balaban J connectivity index is 1.80. The van der Waals surface area contributed by atoms with E-state index in [2.05, 4.69) is 5.32 Å². The Bertz CT molecular complexity index is 224. The first-order valence-corrected chi connectivity index (χ1v) is 5.04. The van der Waals surface area contributed by atoms with E-state index >= 15 is 0 Å². The van der Waals surface area contributed by atoms with Crippen molar-refractivity contribution in [3.63, 3.8) is 0 Å². The Kier molecular flexibility index (Phi) is 1.18. The number of nitrogens with one attached hydrogen (secondary N) is 1. The molecule has 1 N–H and O–H groups in total. The van der Waals surface area contributed by atoms with Gasteiger partial charge in [0.1, 0.15) is 0 Å². The minimum absolute atomic E-state index is 0.288. The summed E-state index contributed by atoms with van der Waals surface area (Å²) in [6.07, 6.45) is 6.34. The Morgan fingerprint density at radius 3 is 2.33 bits per heavy atom. The molecule has 66 valence electrons. The van der Waals surface area contributed by atoms with E-state index in [9.17, 15) is 4.79 Å². The Hall–Kier alpha value is -0.530. The van der Waals surface area contributed by atoms with Crippen molar-refractivity contribution < 1.29 is 4.79 Å². The van der Waals surface area contributed by atoms with Gasteiger partial charge in [-0.2, -0.15) is 0 Å². The molecule has 0 aromatic heterocycles. The number of amides is 1. The average molecular weight is 165 g/mol. The van der Waals surface area contributed by atoms with Crippen LogP contribution in [0.5, 0.6) is 0 Å². The summed E-state index contributed by atoms with van der Waals surface area (Å²) in [7, 11) is 0. The lowest BCUT2D eigenvalue weighted by Gasteiger charge is -2.29. The maximum atomic E-state index is 11.1.